The van der Waals surface area contributed by atoms with E-state index in [-0.39, 0.29) is 16.8 Å². The summed E-state index contributed by atoms with van der Waals surface area (Å²) in [6.07, 6.45) is 1.30. The Balaban J connectivity index is 1.86. The fraction of sp³-hybridized carbons (Fsp3) is 0.588. The summed E-state index contributed by atoms with van der Waals surface area (Å²) < 4.78 is 27.4. The van der Waals surface area contributed by atoms with Gasteiger partial charge in [0, 0.05) is 19.1 Å². The molecule has 2 rings (SSSR count). The molecule has 1 aliphatic rings. The standard InChI is InChI=1S/C17H27N3O3S/c1-3-19(4-2)14-17(21)20-12-10-15(11-13-20)18-24(22,23)16-8-6-5-7-9-16/h5-9,15,18H,3-4,10-14H2,1-2H3. The lowest BCUT2D eigenvalue weighted by Crippen LogP contribution is -2.48. The third kappa shape index (κ3) is 5.03. The van der Waals surface area contributed by atoms with E-state index in [4.69, 9.17) is 0 Å². The Morgan fingerprint density at radius 3 is 2.29 bits per heavy atom. The number of nitrogens with zero attached hydrogens (tertiary/aromatic N) is 2. The maximum atomic E-state index is 12.3. The molecule has 0 radical (unpaired) electrons. The first-order valence-electron chi connectivity index (χ1n) is 8.53. The predicted molar refractivity (Wildman–Crippen MR) is 94.2 cm³/mol. The van der Waals surface area contributed by atoms with Gasteiger partial charge in [-0.2, -0.15) is 0 Å². The normalized spacial score (nSPS) is 16.5. The molecule has 1 fully saturated rings. The van der Waals surface area contributed by atoms with Crippen molar-refractivity contribution in [2.45, 2.75) is 37.6 Å². The molecular formula is C17H27N3O3S. The highest BCUT2D eigenvalue weighted by Gasteiger charge is 2.26. The van der Waals surface area contributed by atoms with Gasteiger partial charge in [-0.15, -0.1) is 0 Å². The molecule has 0 aliphatic carbocycles. The molecular weight excluding hydrogens is 326 g/mol. The molecule has 0 spiro atoms. The number of piperidine rings is 1. The Morgan fingerprint density at radius 1 is 1.17 bits per heavy atom. The van der Waals surface area contributed by atoms with Gasteiger partial charge in [-0.3, -0.25) is 9.69 Å². The van der Waals surface area contributed by atoms with Crippen LogP contribution in [0.5, 0.6) is 0 Å². The zero-order valence-corrected chi connectivity index (χ0v) is 15.3. The second kappa shape index (κ2) is 8.60. The highest BCUT2D eigenvalue weighted by molar-refractivity contribution is 7.89. The van der Waals surface area contributed by atoms with Crippen molar-refractivity contribution >= 4 is 15.9 Å². The van der Waals surface area contributed by atoms with Gasteiger partial charge in [-0.05, 0) is 38.1 Å². The van der Waals surface area contributed by atoms with Gasteiger partial charge in [-0.1, -0.05) is 32.0 Å². The number of nitrogens with one attached hydrogen (secondary N) is 1. The van der Waals surface area contributed by atoms with Crippen molar-refractivity contribution in [3.63, 3.8) is 0 Å². The van der Waals surface area contributed by atoms with Gasteiger partial charge in [0.2, 0.25) is 15.9 Å². The number of likely N-dealkylation sites (tertiary alicyclic amines) is 1. The van der Waals surface area contributed by atoms with Crippen molar-refractivity contribution < 1.29 is 13.2 Å². The lowest BCUT2D eigenvalue weighted by atomic mass is 10.1. The van der Waals surface area contributed by atoms with Crippen molar-refractivity contribution in [1.82, 2.24) is 14.5 Å². The Kier molecular flexibility index (Phi) is 6.77. The third-order valence-corrected chi connectivity index (χ3v) is 6.01. The average Bonchev–Trinajstić information content (AvgIpc) is 2.60. The summed E-state index contributed by atoms with van der Waals surface area (Å²) in [4.78, 5) is 16.5. The van der Waals surface area contributed by atoms with Crippen molar-refractivity contribution in [1.29, 1.82) is 0 Å². The van der Waals surface area contributed by atoms with Crippen LogP contribution in [0.15, 0.2) is 35.2 Å². The van der Waals surface area contributed by atoms with Crippen LogP contribution >= 0.6 is 0 Å². The number of benzene rings is 1. The van der Waals surface area contributed by atoms with E-state index in [0.29, 0.717) is 32.5 Å². The Hall–Kier alpha value is -1.44. The summed E-state index contributed by atoms with van der Waals surface area (Å²) in [7, 11) is -3.49. The predicted octanol–water partition coefficient (Wildman–Crippen LogP) is 1.30. The first-order valence-corrected chi connectivity index (χ1v) is 10.0. The molecule has 0 saturated carbocycles. The molecule has 1 heterocycles. The monoisotopic (exact) mass is 353 g/mol. The number of rotatable bonds is 7. The summed E-state index contributed by atoms with van der Waals surface area (Å²) in [6, 6.07) is 8.27. The second-order valence-electron chi connectivity index (χ2n) is 6.05. The van der Waals surface area contributed by atoms with Gasteiger partial charge in [0.15, 0.2) is 0 Å². The van der Waals surface area contributed by atoms with Crippen LogP contribution in [0.2, 0.25) is 0 Å². The number of amides is 1. The van der Waals surface area contributed by atoms with Crippen molar-refractivity contribution in [2.75, 3.05) is 32.7 Å². The Bertz CT molecular complexity index is 622. The number of hydrogen-bond donors (Lipinski definition) is 1. The molecule has 1 aromatic rings. The number of hydrogen-bond acceptors (Lipinski definition) is 4. The minimum atomic E-state index is -3.49. The van der Waals surface area contributed by atoms with Crippen LogP contribution in [-0.2, 0) is 14.8 Å². The Labute approximate surface area is 144 Å². The summed E-state index contributed by atoms with van der Waals surface area (Å²) in [5.41, 5.74) is 0. The van der Waals surface area contributed by atoms with Crippen molar-refractivity contribution in [3.05, 3.63) is 30.3 Å². The summed E-state index contributed by atoms with van der Waals surface area (Å²) in [5, 5.41) is 0. The van der Waals surface area contributed by atoms with Crippen LogP contribution in [0.1, 0.15) is 26.7 Å². The molecule has 0 bridgehead atoms. The fourth-order valence-electron chi connectivity index (χ4n) is 2.87. The zero-order chi connectivity index (χ0) is 17.6. The number of carbonyl (C=O) groups is 1. The lowest BCUT2D eigenvalue weighted by molar-refractivity contribution is -0.133. The highest BCUT2D eigenvalue weighted by Crippen LogP contribution is 2.15. The minimum Gasteiger partial charge on any atom is -0.341 e. The molecule has 24 heavy (non-hydrogen) atoms. The summed E-state index contributed by atoms with van der Waals surface area (Å²) in [6.45, 7) is 7.44. The van der Waals surface area contributed by atoms with Crippen LogP contribution in [0.25, 0.3) is 0 Å². The van der Waals surface area contributed by atoms with Gasteiger partial charge >= 0.3 is 0 Å². The van der Waals surface area contributed by atoms with Gasteiger partial charge in [0.1, 0.15) is 0 Å². The van der Waals surface area contributed by atoms with E-state index in [1.165, 1.54) is 0 Å². The third-order valence-electron chi connectivity index (χ3n) is 4.48. The molecule has 7 heteroatoms. The number of sulfonamides is 1. The molecule has 6 nitrogen and oxygen atoms in total. The summed E-state index contributed by atoms with van der Waals surface area (Å²) in [5.74, 6) is 0.128. The molecule has 1 N–H and O–H groups in total. The van der Waals surface area contributed by atoms with Gasteiger partial charge in [-0.25, -0.2) is 13.1 Å². The van der Waals surface area contributed by atoms with E-state index in [0.717, 1.165) is 13.1 Å². The minimum absolute atomic E-state index is 0.118. The van der Waals surface area contributed by atoms with Gasteiger partial charge < -0.3 is 4.90 Å². The molecule has 1 saturated heterocycles. The van der Waals surface area contributed by atoms with Crippen molar-refractivity contribution in [3.8, 4) is 0 Å². The maximum absolute atomic E-state index is 12.3. The van der Waals surface area contributed by atoms with E-state index >= 15 is 0 Å². The van der Waals surface area contributed by atoms with E-state index < -0.39 is 10.0 Å². The fourth-order valence-corrected chi connectivity index (χ4v) is 4.20. The smallest absolute Gasteiger partial charge is 0.240 e. The van der Waals surface area contributed by atoms with Crippen LogP contribution in [0, 0.1) is 0 Å². The topological polar surface area (TPSA) is 69.7 Å². The molecule has 0 unspecified atom stereocenters. The molecule has 0 aromatic heterocycles. The number of likely N-dealkylation sites (N-methyl/N-ethyl adjacent to an activating group) is 1. The first-order chi connectivity index (χ1) is 11.5. The van der Waals surface area contributed by atoms with E-state index in [1.54, 1.807) is 30.3 Å². The quantitative estimate of drug-likeness (QED) is 0.802. The van der Waals surface area contributed by atoms with E-state index in [1.807, 2.05) is 18.7 Å². The van der Waals surface area contributed by atoms with E-state index in [9.17, 15) is 13.2 Å². The van der Waals surface area contributed by atoms with Crippen LogP contribution < -0.4 is 4.72 Å². The average molecular weight is 353 g/mol. The van der Waals surface area contributed by atoms with Crippen molar-refractivity contribution in [2.24, 2.45) is 0 Å². The van der Waals surface area contributed by atoms with Gasteiger partial charge in [0.05, 0.1) is 11.4 Å². The van der Waals surface area contributed by atoms with Crippen LogP contribution in [0.3, 0.4) is 0 Å². The molecule has 1 aliphatic heterocycles. The largest absolute Gasteiger partial charge is 0.341 e. The van der Waals surface area contributed by atoms with Crippen LogP contribution in [-0.4, -0.2) is 62.9 Å². The first kappa shape index (κ1) is 18.9. The molecule has 1 aromatic carbocycles. The molecule has 1 amide bonds. The number of carbonyl (C=O) groups excluding carboxylic acids is 1. The zero-order valence-electron chi connectivity index (χ0n) is 14.4. The highest BCUT2D eigenvalue weighted by atomic mass is 32.2. The SMILES string of the molecule is CCN(CC)CC(=O)N1CCC(NS(=O)(=O)c2ccccc2)CC1. The van der Waals surface area contributed by atoms with E-state index in [2.05, 4.69) is 9.62 Å². The molecule has 0 atom stereocenters. The maximum Gasteiger partial charge on any atom is 0.240 e. The Morgan fingerprint density at radius 2 is 1.75 bits per heavy atom. The lowest BCUT2D eigenvalue weighted by Gasteiger charge is -2.33. The molecule has 134 valence electrons. The second-order valence-corrected chi connectivity index (χ2v) is 7.76. The van der Waals surface area contributed by atoms with Gasteiger partial charge in [0.25, 0.3) is 0 Å². The summed E-state index contributed by atoms with van der Waals surface area (Å²) >= 11 is 0. The van der Waals surface area contributed by atoms with Crippen LogP contribution in [0.4, 0.5) is 0 Å².